The molecule has 3 aromatic rings. The van der Waals surface area contributed by atoms with Crippen molar-refractivity contribution < 1.29 is 19.3 Å². The van der Waals surface area contributed by atoms with E-state index in [-0.39, 0.29) is 5.54 Å². The first-order valence-corrected chi connectivity index (χ1v) is 10.7. The van der Waals surface area contributed by atoms with Crippen LogP contribution >= 0.6 is 0 Å². The van der Waals surface area contributed by atoms with Crippen LogP contribution in [0, 0.1) is 0 Å². The lowest BCUT2D eigenvalue weighted by molar-refractivity contribution is -0.0290. The van der Waals surface area contributed by atoms with E-state index in [1.54, 1.807) is 21.3 Å². The van der Waals surface area contributed by atoms with Crippen LogP contribution in [0.4, 0.5) is 0 Å². The molecule has 2 aliphatic rings. The van der Waals surface area contributed by atoms with E-state index in [0.717, 1.165) is 65.2 Å². The number of ether oxygens (including phenoxy) is 3. The van der Waals surface area contributed by atoms with Crippen molar-refractivity contribution in [2.24, 2.45) is 0 Å². The van der Waals surface area contributed by atoms with Crippen LogP contribution in [-0.4, -0.2) is 43.4 Å². The van der Waals surface area contributed by atoms with E-state index in [0.29, 0.717) is 11.5 Å². The normalized spacial score (nSPS) is 23.4. The monoisotopic (exact) mass is 407 g/mol. The quantitative estimate of drug-likeness (QED) is 0.629. The fourth-order valence-corrected chi connectivity index (χ4v) is 5.81. The number of aliphatic hydroxyl groups excluding tert-OH is 1. The van der Waals surface area contributed by atoms with Gasteiger partial charge in [-0.2, -0.15) is 0 Å². The van der Waals surface area contributed by atoms with E-state index < -0.39 is 6.10 Å². The van der Waals surface area contributed by atoms with Crippen LogP contribution in [-0.2, 0) is 6.54 Å². The van der Waals surface area contributed by atoms with E-state index in [4.69, 9.17) is 14.2 Å². The topological polar surface area (TPSA) is 51.2 Å². The molecule has 2 heterocycles. The first kappa shape index (κ1) is 19.5. The fourth-order valence-electron chi connectivity index (χ4n) is 5.81. The lowest BCUT2D eigenvalue weighted by Crippen LogP contribution is -2.51. The summed E-state index contributed by atoms with van der Waals surface area (Å²) in [5.41, 5.74) is 2.08. The molecular weight excluding hydrogens is 378 g/mol. The van der Waals surface area contributed by atoms with Crippen LogP contribution in [0.15, 0.2) is 30.3 Å². The number of nitrogens with zero attached hydrogens (tertiary/aromatic N) is 1. The third kappa shape index (κ3) is 2.48. The molecule has 3 aromatic carbocycles. The zero-order chi connectivity index (χ0) is 21.0. The van der Waals surface area contributed by atoms with Crippen LogP contribution in [0.1, 0.15) is 43.4 Å². The first-order chi connectivity index (χ1) is 14.6. The maximum atomic E-state index is 11.8. The number of aliphatic hydroxyl groups is 1. The maximum Gasteiger partial charge on any atom is 0.161 e. The summed E-state index contributed by atoms with van der Waals surface area (Å²) in [5.74, 6) is 2.21. The highest BCUT2D eigenvalue weighted by Crippen LogP contribution is 2.52. The Morgan fingerprint density at radius 1 is 0.967 bits per heavy atom. The molecule has 0 unspecified atom stereocenters. The summed E-state index contributed by atoms with van der Waals surface area (Å²) < 4.78 is 16.7. The van der Waals surface area contributed by atoms with Gasteiger partial charge >= 0.3 is 0 Å². The van der Waals surface area contributed by atoms with Gasteiger partial charge in [0.15, 0.2) is 11.5 Å². The molecule has 2 aliphatic heterocycles. The predicted octanol–water partition coefficient (Wildman–Crippen LogP) is 4.81. The van der Waals surface area contributed by atoms with Crippen molar-refractivity contribution in [1.29, 1.82) is 0 Å². The third-order valence-corrected chi connectivity index (χ3v) is 7.39. The van der Waals surface area contributed by atoms with Crippen LogP contribution in [0.5, 0.6) is 17.2 Å². The smallest absolute Gasteiger partial charge is 0.161 e. The van der Waals surface area contributed by atoms with Crippen molar-refractivity contribution in [3.8, 4) is 17.2 Å². The Morgan fingerprint density at radius 3 is 2.33 bits per heavy atom. The SMILES string of the molecule is CC[C@@]12CCCN1Cc1c(c3ccc(OC)cc3c3cc(OC)c(OC)cc13)[C@@H]2O. The third-order valence-electron chi connectivity index (χ3n) is 7.39. The van der Waals surface area contributed by atoms with Crippen molar-refractivity contribution >= 4 is 21.5 Å². The average molecular weight is 408 g/mol. The summed E-state index contributed by atoms with van der Waals surface area (Å²) in [5, 5.41) is 16.1. The van der Waals surface area contributed by atoms with E-state index in [1.165, 1.54) is 5.56 Å². The van der Waals surface area contributed by atoms with E-state index in [1.807, 2.05) is 12.1 Å². The minimum atomic E-state index is -0.526. The number of fused-ring (bicyclic) bond motifs is 7. The molecule has 0 bridgehead atoms. The largest absolute Gasteiger partial charge is 0.497 e. The molecule has 5 heteroatoms. The summed E-state index contributed by atoms with van der Waals surface area (Å²) >= 11 is 0. The highest BCUT2D eigenvalue weighted by molar-refractivity contribution is 6.12. The number of methoxy groups -OCH3 is 3. The Balaban J connectivity index is 1.92. The maximum absolute atomic E-state index is 11.8. The lowest BCUT2D eigenvalue weighted by Gasteiger charge is -2.47. The van der Waals surface area contributed by atoms with Gasteiger partial charge in [-0.3, -0.25) is 4.90 Å². The molecule has 1 N–H and O–H groups in total. The fraction of sp³-hybridized carbons (Fsp3) is 0.440. The van der Waals surface area contributed by atoms with Gasteiger partial charge in [-0.25, -0.2) is 0 Å². The summed E-state index contributed by atoms with van der Waals surface area (Å²) in [6, 6.07) is 10.3. The molecule has 5 rings (SSSR count). The number of benzene rings is 3. The molecule has 0 amide bonds. The second-order valence-electron chi connectivity index (χ2n) is 8.44. The zero-order valence-electron chi connectivity index (χ0n) is 18.1. The molecule has 0 aromatic heterocycles. The zero-order valence-corrected chi connectivity index (χ0v) is 18.1. The highest BCUT2D eigenvalue weighted by Gasteiger charge is 2.50. The second-order valence-corrected chi connectivity index (χ2v) is 8.44. The van der Waals surface area contributed by atoms with Gasteiger partial charge in [0.25, 0.3) is 0 Å². The average Bonchev–Trinajstić information content (AvgIpc) is 3.22. The van der Waals surface area contributed by atoms with Crippen molar-refractivity contribution in [1.82, 2.24) is 4.90 Å². The van der Waals surface area contributed by atoms with Crippen molar-refractivity contribution in [3.05, 3.63) is 41.5 Å². The van der Waals surface area contributed by atoms with Crippen molar-refractivity contribution in [2.75, 3.05) is 27.9 Å². The van der Waals surface area contributed by atoms with E-state index in [9.17, 15) is 5.11 Å². The number of hydrogen-bond donors (Lipinski definition) is 1. The molecule has 30 heavy (non-hydrogen) atoms. The van der Waals surface area contributed by atoms with Gasteiger partial charge < -0.3 is 19.3 Å². The Morgan fingerprint density at radius 2 is 1.67 bits per heavy atom. The van der Waals surface area contributed by atoms with Gasteiger partial charge in [-0.1, -0.05) is 13.0 Å². The molecular formula is C25H29NO4. The molecule has 0 spiro atoms. The summed E-state index contributed by atoms with van der Waals surface area (Å²) in [4.78, 5) is 2.49. The molecule has 1 saturated heterocycles. The summed E-state index contributed by atoms with van der Waals surface area (Å²) in [6.07, 6.45) is 2.57. The number of hydrogen-bond acceptors (Lipinski definition) is 5. The highest BCUT2D eigenvalue weighted by atomic mass is 16.5. The van der Waals surface area contributed by atoms with Gasteiger partial charge in [0.1, 0.15) is 5.75 Å². The molecule has 0 saturated carbocycles. The molecule has 5 nitrogen and oxygen atoms in total. The molecule has 1 fully saturated rings. The first-order valence-electron chi connectivity index (χ1n) is 10.7. The standard InChI is InChI=1S/C25H29NO4/c1-5-25-9-6-10-26(25)14-20-19-13-22(30-4)21(29-3)12-18(19)17-11-15(28-2)7-8-16(17)23(20)24(25)27/h7-8,11-13,24,27H,5-6,9-10,14H2,1-4H3/t24-,25-/m0/s1. The minimum Gasteiger partial charge on any atom is -0.497 e. The lowest BCUT2D eigenvalue weighted by atomic mass is 9.75. The van der Waals surface area contributed by atoms with E-state index >= 15 is 0 Å². The predicted molar refractivity (Wildman–Crippen MR) is 119 cm³/mol. The molecule has 0 radical (unpaired) electrons. The van der Waals surface area contributed by atoms with Gasteiger partial charge in [-0.15, -0.1) is 0 Å². The van der Waals surface area contributed by atoms with Gasteiger partial charge in [-0.05, 0) is 82.7 Å². The minimum absolute atomic E-state index is 0.176. The van der Waals surface area contributed by atoms with Gasteiger partial charge in [0, 0.05) is 6.54 Å². The van der Waals surface area contributed by atoms with Crippen LogP contribution in [0.25, 0.3) is 21.5 Å². The summed E-state index contributed by atoms with van der Waals surface area (Å²) in [6.45, 7) is 4.07. The molecule has 0 aliphatic carbocycles. The molecule has 158 valence electrons. The van der Waals surface area contributed by atoms with E-state index in [2.05, 4.69) is 30.0 Å². The summed E-state index contributed by atoms with van der Waals surface area (Å²) in [7, 11) is 5.01. The van der Waals surface area contributed by atoms with Crippen molar-refractivity contribution in [3.63, 3.8) is 0 Å². The van der Waals surface area contributed by atoms with Crippen LogP contribution in [0.2, 0.25) is 0 Å². The Labute approximate surface area is 177 Å². The van der Waals surface area contributed by atoms with Crippen molar-refractivity contribution in [2.45, 2.75) is 44.4 Å². The second kappa shape index (κ2) is 7.03. The Bertz CT molecular complexity index is 1140. The van der Waals surface area contributed by atoms with Crippen LogP contribution < -0.4 is 14.2 Å². The number of rotatable bonds is 4. The van der Waals surface area contributed by atoms with Crippen LogP contribution in [0.3, 0.4) is 0 Å². The molecule has 2 atom stereocenters. The van der Waals surface area contributed by atoms with Gasteiger partial charge in [0.05, 0.1) is 33.0 Å². The Kier molecular flexibility index (Phi) is 4.56. The Hall–Kier alpha value is -2.50. The van der Waals surface area contributed by atoms with Gasteiger partial charge in [0.2, 0.25) is 0 Å².